The zero-order valence-corrected chi connectivity index (χ0v) is 17.9. The van der Waals surface area contributed by atoms with Gasteiger partial charge in [0, 0.05) is 37.8 Å². The third-order valence-corrected chi connectivity index (χ3v) is 5.52. The van der Waals surface area contributed by atoms with Crippen molar-refractivity contribution in [1.29, 1.82) is 0 Å². The molecular formula is C23H27N7O2. The van der Waals surface area contributed by atoms with Gasteiger partial charge in [-0.25, -0.2) is 19.4 Å². The Labute approximate surface area is 186 Å². The molecule has 32 heavy (non-hydrogen) atoms. The molecule has 1 unspecified atom stereocenters. The lowest BCUT2D eigenvalue weighted by Gasteiger charge is -2.28. The summed E-state index contributed by atoms with van der Waals surface area (Å²) in [5.41, 5.74) is 1.77. The molecule has 9 heteroatoms. The third kappa shape index (κ3) is 5.48. The number of carbonyl (C=O) groups excluding carboxylic acids is 2. The average Bonchev–Trinajstić information content (AvgIpc) is 3.29. The summed E-state index contributed by atoms with van der Waals surface area (Å²) in [7, 11) is 0. The second-order valence-electron chi connectivity index (χ2n) is 7.77. The molecule has 1 atom stereocenters. The SMILES string of the molecule is O=C(NCc1cccnc1-n1cncn1)NC(CN1CCCCCC1=O)c1ccccc1. The second-order valence-corrected chi connectivity index (χ2v) is 7.77. The zero-order chi connectivity index (χ0) is 22.2. The van der Waals surface area contributed by atoms with Gasteiger partial charge in [-0.2, -0.15) is 5.10 Å². The van der Waals surface area contributed by atoms with Crippen LogP contribution in [-0.4, -0.2) is 49.7 Å². The lowest BCUT2D eigenvalue weighted by molar-refractivity contribution is -0.131. The molecule has 1 aromatic carbocycles. The summed E-state index contributed by atoms with van der Waals surface area (Å²) in [4.78, 5) is 35.5. The molecule has 0 bridgehead atoms. The van der Waals surface area contributed by atoms with E-state index in [2.05, 4.69) is 25.7 Å². The minimum atomic E-state index is -0.311. The van der Waals surface area contributed by atoms with E-state index < -0.39 is 0 Å². The Morgan fingerprint density at radius 2 is 1.97 bits per heavy atom. The predicted molar refractivity (Wildman–Crippen MR) is 119 cm³/mol. The summed E-state index contributed by atoms with van der Waals surface area (Å²) in [6, 6.07) is 12.8. The van der Waals surface area contributed by atoms with E-state index in [1.807, 2.05) is 47.4 Å². The number of aromatic nitrogens is 4. The van der Waals surface area contributed by atoms with Crippen LogP contribution in [0, 0.1) is 0 Å². The molecule has 0 saturated carbocycles. The summed E-state index contributed by atoms with van der Waals surface area (Å²) in [5, 5.41) is 10.1. The number of urea groups is 1. The standard InChI is InChI=1S/C23H27N7O2/c31-21-11-5-2-6-13-29(21)15-20(18-8-3-1-4-9-18)28-23(32)26-14-19-10-7-12-25-22(19)30-17-24-16-27-30/h1,3-4,7-10,12,16-17,20H,2,5-6,11,13-15H2,(H2,26,28,32). The first-order valence-corrected chi connectivity index (χ1v) is 10.9. The number of nitrogens with one attached hydrogen (secondary N) is 2. The Hall–Kier alpha value is -3.75. The molecule has 1 aliphatic rings. The monoisotopic (exact) mass is 433 g/mol. The molecule has 166 valence electrons. The number of hydrogen-bond acceptors (Lipinski definition) is 5. The van der Waals surface area contributed by atoms with E-state index in [0.29, 0.717) is 18.8 Å². The van der Waals surface area contributed by atoms with Crippen LogP contribution >= 0.6 is 0 Å². The summed E-state index contributed by atoms with van der Waals surface area (Å²) in [6.45, 7) is 1.45. The Morgan fingerprint density at radius 1 is 1.09 bits per heavy atom. The van der Waals surface area contributed by atoms with Gasteiger partial charge in [0.25, 0.3) is 0 Å². The van der Waals surface area contributed by atoms with Gasteiger partial charge >= 0.3 is 6.03 Å². The van der Waals surface area contributed by atoms with Crippen LogP contribution in [0.25, 0.3) is 5.82 Å². The van der Waals surface area contributed by atoms with Crippen LogP contribution in [0.15, 0.2) is 61.3 Å². The first kappa shape index (κ1) is 21.5. The first-order valence-electron chi connectivity index (χ1n) is 10.9. The van der Waals surface area contributed by atoms with Crippen LogP contribution < -0.4 is 10.6 Å². The Balaban J connectivity index is 1.43. The molecular weight excluding hydrogens is 406 g/mol. The number of nitrogens with zero attached hydrogens (tertiary/aromatic N) is 5. The summed E-state index contributed by atoms with van der Waals surface area (Å²) in [5.74, 6) is 0.763. The van der Waals surface area contributed by atoms with Crippen molar-refractivity contribution in [3.8, 4) is 5.82 Å². The number of hydrogen-bond donors (Lipinski definition) is 2. The first-order chi connectivity index (χ1) is 15.7. The molecule has 3 aromatic rings. The van der Waals surface area contributed by atoms with E-state index in [1.165, 1.54) is 6.33 Å². The molecule has 4 rings (SSSR count). The highest BCUT2D eigenvalue weighted by molar-refractivity contribution is 5.77. The number of rotatable bonds is 7. The molecule has 0 aliphatic carbocycles. The lowest BCUT2D eigenvalue weighted by atomic mass is 10.1. The fourth-order valence-electron chi connectivity index (χ4n) is 3.85. The maximum atomic E-state index is 12.8. The normalized spacial score (nSPS) is 15.1. The smallest absolute Gasteiger partial charge is 0.315 e. The number of benzene rings is 1. The van der Waals surface area contributed by atoms with Crippen LogP contribution in [0.5, 0.6) is 0 Å². The molecule has 1 aliphatic heterocycles. The van der Waals surface area contributed by atoms with Gasteiger partial charge in [0.1, 0.15) is 12.7 Å². The lowest BCUT2D eigenvalue weighted by Crippen LogP contribution is -2.44. The van der Waals surface area contributed by atoms with Gasteiger partial charge in [-0.1, -0.05) is 42.8 Å². The van der Waals surface area contributed by atoms with Crippen molar-refractivity contribution >= 4 is 11.9 Å². The van der Waals surface area contributed by atoms with E-state index in [-0.39, 0.29) is 24.5 Å². The minimum absolute atomic E-state index is 0.151. The van der Waals surface area contributed by atoms with Gasteiger partial charge in [-0.3, -0.25) is 4.79 Å². The van der Waals surface area contributed by atoms with Gasteiger partial charge in [-0.05, 0) is 24.5 Å². The topological polar surface area (TPSA) is 105 Å². The number of pyridine rings is 1. The van der Waals surface area contributed by atoms with Gasteiger partial charge in [-0.15, -0.1) is 0 Å². The summed E-state index contributed by atoms with van der Waals surface area (Å²) in [6.07, 6.45) is 8.22. The number of carbonyl (C=O) groups is 2. The van der Waals surface area contributed by atoms with Gasteiger partial charge in [0.05, 0.1) is 6.04 Å². The molecule has 2 aromatic heterocycles. The maximum Gasteiger partial charge on any atom is 0.315 e. The predicted octanol–water partition coefficient (Wildman–Crippen LogP) is 2.61. The fraction of sp³-hybridized carbons (Fsp3) is 0.348. The minimum Gasteiger partial charge on any atom is -0.340 e. The molecule has 1 saturated heterocycles. The summed E-state index contributed by atoms with van der Waals surface area (Å²) >= 11 is 0. The van der Waals surface area contributed by atoms with E-state index in [9.17, 15) is 9.59 Å². The molecule has 1 fully saturated rings. The third-order valence-electron chi connectivity index (χ3n) is 5.52. The van der Waals surface area contributed by atoms with Gasteiger partial charge in [0.2, 0.25) is 5.91 Å². The largest absolute Gasteiger partial charge is 0.340 e. The van der Waals surface area contributed by atoms with Crippen LogP contribution in [0.3, 0.4) is 0 Å². The van der Waals surface area contributed by atoms with Crippen LogP contribution in [-0.2, 0) is 11.3 Å². The Bertz CT molecular complexity index is 1020. The highest BCUT2D eigenvalue weighted by atomic mass is 16.2. The fourth-order valence-corrected chi connectivity index (χ4v) is 3.85. The zero-order valence-electron chi connectivity index (χ0n) is 17.9. The molecule has 9 nitrogen and oxygen atoms in total. The van der Waals surface area contributed by atoms with E-state index in [0.717, 1.165) is 36.9 Å². The van der Waals surface area contributed by atoms with Crippen molar-refractivity contribution in [2.24, 2.45) is 0 Å². The number of amides is 3. The van der Waals surface area contributed by atoms with Crippen molar-refractivity contribution < 1.29 is 9.59 Å². The Kier molecular flexibility index (Phi) is 7.06. The van der Waals surface area contributed by atoms with Crippen molar-refractivity contribution in [3.05, 3.63) is 72.4 Å². The molecule has 2 N–H and O–H groups in total. The van der Waals surface area contributed by atoms with Crippen LogP contribution in [0.2, 0.25) is 0 Å². The highest BCUT2D eigenvalue weighted by Gasteiger charge is 2.23. The van der Waals surface area contributed by atoms with Crippen molar-refractivity contribution in [3.63, 3.8) is 0 Å². The maximum absolute atomic E-state index is 12.8. The van der Waals surface area contributed by atoms with Crippen molar-refractivity contribution in [1.82, 2.24) is 35.3 Å². The van der Waals surface area contributed by atoms with E-state index in [4.69, 9.17) is 0 Å². The van der Waals surface area contributed by atoms with Gasteiger partial charge in [0.15, 0.2) is 5.82 Å². The molecule has 0 spiro atoms. The van der Waals surface area contributed by atoms with Crippen molar-refractivity contribution in [2.45, 2.75) is 38.3 Å². The van der Waals surface area contributed by atoms with Crippen LogP contribution in [0.1, 0.15) is 42.9 Å². The van der Waals surface area contributed by atoms with Crippen molar-refractivity contribution in [2.75, 3.05) is 13.1 Å². The molecule has 3 heterocycles. The second kappa shape index (κ2) is 10.5. The quantitative estimate of drug-likeness (QED) is 0.596. The summed E-state index contributed by atoms with van der Waals surface area (Å²) < 4.78 is 1.56. The average molecular weight is 434 g/mol. The molecule has 3 amide bonds. The van der Waals surface area contributed by atoms with Crippen LogP contribution in [0.4, 0.5) is 4.79 Å². The molecule has 0 radical (unpaired) electrons. The highest BCUT2D eigenvalue weighted by Crippen LogP contribution is 2.18. The number of likely N-dealkylation sites (tertiary alicyclic amines) is 1. The van der Waals surface area contributed by atoms with E-state index in [1.54, 1.807) is 17.2 Å². The Morgan fingerprint density at radius 3 is 2.78 bits per heavy atom. The van der Waals surface area contributed by atoms with E-state index >= 15 is 0 Å². The van der Waals surface area contributed by atoms with Gasteiger partial charge < -0.3 is 15.5 Å².